The highest BCUT2D eigenvalue weighted by Crippen LogP contribution is 2.64. The third-order valence-electron chi connectivity index (χ3n) is 6.02. The highest BCUT2D eigenvalue weighted by molar-refractivity contribution is 5.97. The summed E-state index contributed by atoms with van der Waals surface area (Å²) in [6.07, 6.45) is 1.52. The zero-order valence-corrected chi connectivity index (χ0v) is 14.9. The molecule has 0 radical (unpaired) electrons. The van der Waals surface area contributed by atoms with Gasteiger partial charge >= 0.3 is 0 Å². The quantitative estimate of drug-likeness (QED) is 0.523. The number of aromatic nitrogens is 1. The van der Waals surface area contributed by atoms with Crippen molar-refractivity contribution in [2.24, 2.45) is 0 Å². The van der Waals surface area contributed by atoms with Crippen molar-refractivity contribution in [3.8, 4) is 17.4 Å². The Bertz CT molecular complexity index is 1110. The summed E-state index contributed by atoms with van der Waals surface area (Å²) in [7, 11) is 0. The maximum Gasteiger partial charge on any atom is 0.277 e. The van der Waals surface area contributed by atoms with E-state index in [4.69, 9.17) is 4.74 Å². The van der Waals surface area contributed by atoms with Gasteiger partial charge in [0, 0.05) is 11.5 Å². The van der Waals surface area contributed by atoms with Crippen LogP contribution in [0.1, 0.15) is 37.8 Å². The van der Waals surface area contributed by atoms with Crippen LogP contribution in [0.3, 0.4) is 0 Å². The standard InChI is InChI=1S/C20H18N2O5/c1-19-9-10-20(2,27-19)16-15(19)17(23)21(18(16)24)13-7-8-14(22(25)26)12-6-4-3-5-11(12)13/h3-8,23-24H,9-10H2,1-2H3/t19-,20-/m1/s1. The minimum absolute atomic E-state index is 0.0182. The molecule has 138 valence electrons. The van der Waals surface area contributed by atoms with E-state index in [9.17, 15) is 20.3 Å². The van der Waals surface area contributed by atoms with Crippen molar-refractivity contribution in [2.45, 2.75) is 37.9 Å². The lowest BCUT2D eigenvalue weighted by Gasteiger charge is -2.21. The fraction of sp³-hybridized carbons (Fsp3) is 0.300. The van der Waals surface area contributed by atoms with Gasteiger partial charge in [-0.1, -0.05) is 18.2 Å². The van der Waals surface area contributed by atoms with Gasteiger partial charge in [-0.25, -0.2) is 0 Å². The first kappa shape index (κ1) is 16.1. The summed E-state index contributed by atoms with van der Waals surface area (Å²) in [6, 6.07) is 9.87. The van der Waals surface area contributed by atoms with E-state index < -0.39 is 16.1 Å². The summed E-state index contributed by atoms with van der Waals surface area (Å²) in [5.41, 5.74) is 0.399. The van der Waals surface area contributed by atoms with Gasteiger partial charge in [-0.2, -0.15) is 0 Å². The van der Waals surface area contributed by atoms with E-state index in [1.54, 1.807) is 30.3 Å². The largest absolute Gasteiger partial charge is 0.494 e. The summed E-state index contributed by atoms with van der Waals surface area (Å²) in [4.78, 5) is 10.9. The minimum Gasteiger partial charge on any atom is -0.494 e. The van der Waals surface area contributed by atoms with Crippen molar-refractivity contribution in [3.63, 3.8) is 0 Å². The van der Waals surface area contributed by atoms with E-state index in [0.29, 0.717) is 27.6 Å². The Labute approximate surface area is 154 Å². The molecular weight excluding hydrogens is 348 g/mol. The Kier molecular flexibility index (Phi) is 2.87. The second kappa shape index (κ2) is 4.80. The minimum atomic E-state index is -0.645. The van der Waals surface area contributed by atoms with Crippen LogP contribution in [0.5, 0.6) is 11.8 Å². The predicted octanol–water partition coefficient (Wildman–Crippen LogP) is 4.20. The predicted molar refractivity (Wildman–Crippen MR) is 98.3 cm³/mol. The smallest absolute Gasteiger partial charge is 0.277 e. The van der Waals surface area contributed by atoms with E-state index >= 15 is 0 Å². The fourth-order valence-corrected chi connectivity index (χ4v) is 4.83. The average Bonchev–Trinajstić information content (AvgIpc) is 3.18. The molecule has 1 fully saturated rings. The molecule has 0 saturated carbocycles. The van der Waals surface area contributed by atoms with Gasteiger partial charge in [0.25, 0.3) is 5.69 Å². The van der Waals surface area contributed by atoms with Crippen LogP contribution in [0.4, 0.5) is 5.69 Å². The van der Waals surface area contributed by atoms with Crippen molar-refractivity contribution in [1.82, 2.24) is 4.57 Å². The lowest BCUT2D eigenvalue weighted by Crippen LogP contribution is -2.17. The molecule has 7 heteroatoms. The van der Waals surface area contributed by atoms with Gasteiger partial charge in [0.15, 0.2) is 0 Å². The molecule has 1 saturated heterocycles. The highest BCUT2D eigenvalue weighted by Gasteiger charge is 2.59. The van der Waals surface area contributed by atoms with Crippen molar-refractivity contribution >= 4 is 16.5 Å². The molecule has 2 atom stereocenters. The van der Waals surface area contributed by atoms with E-state index in [0.717, 1.165) is 12.8 Å². The number of non-ortho nitro benzene ring substituents is 1. The molecule has 2 bridgehead atoms. The Morgan fingerprint density at radius 3 is 2.11 bits per heavy atom. The van der Waals surface area contributed by atoms with Crippen molar-refractivity contribution in [1.29, 1.82) is 0 Å². The van der Waals surface area contributed by atoms with Crippen molar-refractivity contribution in [2.75, 3.05) is 0 Å². The van der Waals surface area contributed by atoms with E-state index in [1.165, 1.54) is 10.6 Å². The van der Waals surface area contributed by atoms with Crippen LogP contribution < -0.4 is 0 Å². The number of aromatic hydroxyl groups is 2. The number of ether oxygens (including phenoxy) is 1. The summed E-state index contributed by atoms with van der Waals surface area (Å²) in [5.74, 6) is -0.153. The third-order valence-corrected chi connectivity index (χ3v) is 6.02. The van der Waals surface area contributed by atoms with E-state index in [2.05, 4.69) is 0 Å². The number of benzene rings is 2. The molecule has 0 aliphatic carbocycles. The van der Waals surface area contributed by atoms with Crippen LogP contribution in [-0.4, -0.2) is 19.7 Å². The Hall–Kier alpha value is -3.06. The Balaban J connectivity index is 1.85. The van der Waals surface area contributed by atoms with Gasteiger partial charge in [-0.3, -0.25) is 14.7 Å². The van der Waals surface area contributed by atoms with Crippen LogP contribution in [0.25, 0.3) is 16.5 Å². The van der Waals surface area contributed by atoms with Gasteiger partial charge in [0.2, 0.25) is 11.8 Å². The number of hydrogen-bond donors (Lipinski definition) is 2. The average molecular weight is 366 g/mol. The molecule has 0 unspecified atom stereocenters. The molecule has 2 aliphatic heterocycles. The molecule has 2 N–H and O–H groups in total. The number of hydrogen-bond acceptors (Lipinski definition) is 5. The molecule has 0 spiro atoms. The van der Waals surface area contributed by atoms with Gasteiger partial charge in [-0.15, -0.1) is 0 Å². The SMILES string of the molecule is C[C@]12CC[C@@](C)(O1)c1c2c(O)n(-c2ccc([N+](=O)[O-])c3ccccc23)c1O. The van der Waals surface area contributed by atoms with Gasteiger partial charge in [0.1, 0.15) is 0 Å². The Morgan fingerprint density at radius 2 is 1.56 bits per heavy atom. The van der Waals surface area contributed by atoms with Crippen LogP contribution in [0, 0.1) is 10.1 Å². The van der Waals surface area contributed by atoms with E-state index in [1.807, 2.05) is 13.8 Å². The van der Waals surface area contributed by atoms with Crippen molar-refractivity contribution < 1.29 is 19.9 Å². The van der Waals surface area contributed by atoms with Gasteiger partial charge in [-0.05, 0) is 38.8 Å². The van der Waals surface area contributed by atoms with Crippen LogP contribution in [0.15, 0.2) is 36.4 Å². The maximum atomic E-state index is 11.4. The molecule has 0 amide bonds. The van der Waals surface area contributed by atoms with Gasteiger partial charge < -0.3 is 14.9 Å². The second-order valence-electron chi connectivity index (χ2n) is 7.70. The van der Waals surface area contributed by atoms with Crippen LogP contribution >= 0.6 is 0 Å². The number of rotatable bonds is 2. The number of nitro groups is 1. The molecule has 2 aromatic carbocycles. The molecule has 7 nitrogen and oxygen atoms in total. The number of fused-ring (bicyclic) bond motifs is 6. The summed E-state index contributed by atoms with van der Waals surface area (Å²) >= 11 is 0. The van der Waals surface area contributed by atoms with E-state index in [-0.39, 0.29) is 17.4 Å². The summed E-state index contributed by atoms with van der Waals surface area (Å²) in [6.45, 7) is 3.84. The summed E-state index contributed by atoms with van der Waals surface area (Å²) in [5, 5.41) is 34.4. The lowest BCUT2D eigenvalue weighted by atomic mass is 9.80. The van der Waals surface area contributed by atoms with Crippen molar-refractivity contribution in [3.05, 3.63) is 57.6 Å². The summed E-state index contributed by atoms with van der Waals surface area (Å²) < 4.78 is 7.50. The van der Waals surface area contributed by atoms with Crippen LogP contribution in [-0.2, 0) is 15.9 Å². The molecular formula is C20H18N2O5. The highest BCUT2D eigenvalue weighted by atomic mass is 16.6. The normalized spacial score (nSPS) is 25.9. The number of nitro benzene ring substituents is 1. The molecule has 27 heavy (non-hydrogen) atoms. The topological polar surface area (TPSA) is 97.8 Å². The number of nitrogens with zero attached hydrogens (tertiary/aromatic N) is 2. The second-order valence-corrected chi connectivity index (χ2v) is 7.70. The first-order valence-electron chi connectivity index (χ1n) is 8.81. The monoisotopic (exact) mass is 366 g/mol. The first-order chi connectivity index (χ1) is 12.8. The fourth-order valence-electron chi connectivity index (χ4n) is 4.83. The molecule has 3 heterocycles. The third kappa shape index (κ3) is 1.84. The lowest BCUT2D eigenvalue weighted by molar-refractivity contribution is -0.383. The molecule has 2 aliphatic rings. The maximum absolute atomic E-state index is 11.4. The molecule has 5 rings (SSSR count). The van der Waals surface area contributed by atoms with Gasteiger partial charge in [0.05, 0.1) is 38.3 Å². The Morgan fingerprint density at radius 1 is 1.00 bits per heavy atom. The van der Waals surface area contributed by atoms with Crippen LogP contribution in [0.2, 0.25) is 0 Å². The zero-order valence-electron chi connectivity index (χ0n) is 14.9. The molecule has 3 aromatic rings. The first-order valence-corrected chi connectivity index (χ1v) is 8.81. The molecule has 1 aromatic heterocycles. The zero-order chi connectivity index (χ0) is 19.1.